The van der Waals surface area contributed by atoms with E-state index >= 15 is 0 Å². The summed E-state index contributed by atoms with van der Waals surface area (Å²) in [4.78, 5) is 37.3. The molecule has 2 atom stereocenters. The number of ether oxygens (including phenoxy) is 4. The van der Waals surface area contributed by atoms with Crippen molar-refractivity contribution in [2.45, 2.75) is 251 Å². The van der Waals surface area contributed by atoms with Gasteiger partial charge in [0, 0.05) is 12.8 Å². The number of hydrogen-bond donors (Lipinski definition) is 1. The Balaban J connectivity index is 4.22. The highest BCUT2D eigenvalue weighted by atomic mass is 16.7. The molecule has 0 saturated carbocycles. The number of carboxylic acid groups (broad SMARTS) is 1. The minimum atomic E-state index is -1.51. The first-order valence-corrected chi connectivity index (χ1v) is 26.7. The van der Waals surface area contributed by atoms with Crippen molar-refractivity contribution >= 4 is 17.9 Å². The number of carboxylic acids is 1. The Morgan fingerprint density at radius 2 is 0.859 bits per heavy atom. The third-order valence-electron chi connectivity index (χ3n) is 11.6. The second kappa shape index (κ2) is 47.0. The van der Waals surface area contributed by atoms with Gasteiger partial charge in [-0.3, -0.25) is 9.59 Å². The largest absolute Gasteiger partial charge is 0.477 e. The topological polar surface area (TPSA) is 108 Å². The fraction of sp³-hybridized carbons (Fsp3) is 0.836. The van der Waals surface area contributed by atoms with E-state index in [-0.39, 0.29) is 32.2 Å². The smallest absolute Gasteiger partial charge is 0.361 e. The van der Waals surface area contributed by atoms with Crippen LogP contribution in [-0.2, 0) is 33.3 Å². The van der Waals surface area contributed by atoms with Crippen LogP contribution in [0.1, 0.15) is 239 Å². The highest BCUT2D eigenvalue weighted by Crippen LogP contribution is 2.16. The van der Waals surface area contributed by atoms with E-state index in [1.165, 1.54) is 141 Å². The number of esters is 2. The third-order valence-corrected chi connectivity index (χ3v) is 11.6. The molecule has 0 fully saturated rings. The molecule has 0 aromatic heterocycles. The summed E-state index contributed by atoms with van der Waals surface area (Å²) >= 11 is 0. The van der Waals surface area contributed by atoms with Crippen LogP contribution in [0.25, 0.3) is 0 Å². The fourth-order valence-electron chi connectivity index (χ4n) is 7.44. The highest BCUT2D eigenvalue weighted by molar-refractivity contribution is 5.71. The second-order valence-electron chi connectivity index (χ2n) is 19.2. The van der Waals surface area contributed by atoms with Crippen molar-refractivity contribution in [2.75, 3.05) is 47.5 Å². The first kappa shape index (κ1) is 61.5. The van der Waals surface area contributed by atoms with E-state index < -0.39 is 24.3 Å². The van der Waals surface area contributed by atoms with E-state index in [4.69, 9.17) is 18.9 Å². The number of carbonyl (C=O) groups excluding carboxylic acids is 2. The van der Waals surface area contributed by atoms with Crippen molar-refractivity contribution in [2.24, 2.45) is 0 Å². The van der Waals surface area contributed by atoms with E-state index in [0.29, 0.717) is 23.9 Å². The second-order valence-corrected chi connectivity index (χ2v) is 19.2. The molecule has 64 heavy (non-hydrogen) atoms. The van der Waals surface area contributed by atoms with Gasteiger partial charge in [-0.25, -0.2) is 4.79 Å². The number of aliphatic carboxylic acids is 1. The number of allylic oxidation sites excluding steroid dienone is 6. The minimum absolute atomic E-state index is 0.185. The predicted molar refractivity (Wildman–Crippen MR) is 267 cm³/mol. The Morgan fingerprint density at radius 1 is 0.469 bits per heavy atom. The quantitative estimate of drug-likeness (QED) is 0.0211. The lowest BCUT2D eigenvalue weighted by atomic mass is 10.0. The maximum absolute atomic E-state index is 12.8. The van der Waals surface area contributed by atoms with Gasteiger partial charge in [0.2, 0.25) is 0 Å². The van der Waals surface area contributed by atoms with Crippen LogP contribution in [0, 0.1) is 0 Å². The van der Waals surface area contributed by atoms with E-state index in [2.05, 4.69) is 50.3 Å². The normalized spacial score (nSPS) is 13.1. The number of quaternary nitrogens is 1. The number of nitrogens with zero attached hydrogens (tertiary/aromatic N) is 1. The average Bonchev–Trinajstić information content (AvgIpc) is 3.26. The van der Waals surface area contributed by atoms with Gasteiger partial charge in [0.05, 0.1) is 34.4 Å². The molecule has 2 unspecified atom stereocenters. The van der Waals surface area contributed by atoms with Gasteiger partial charge in [0.1, 0.15) is 13.2 Å². The molecule has 0 rings (SSSR count). The van der Waals surface area contributed by atoms with Crippen molar-refractivity contribution in [1.29, 1.82) is 0 Å². The fourth-order valence-corrected chi connectivity index (χ4v) is 7.44. The molecule has 374 valence electrons. The standard InChI is InChI=1S/C55H101NO8/c1-6-8-10-12-14-16-18-20-22-23-24-25-26-27-28-29-30-31-32-34-35-37-39-41-43-45-52(57)62-49-51(50-63-55(54(59)60)61-48-47-56(3,4)5)64-53(58)46-44-42-40-38-36-33-21-19-17-15-13-11-9-7-2/h13,15,19,21,23-24,51,55H,6-12,14,16-18,20,22,25-50H2,1-5H3/p+1/b15-13-,21-19-,24-23-. The van der Waals surface area contributed by atoms with Crippen molar-refractivity contribution in [3.05, 3.63) is 36.5 Å². The lowest BCUT2D eigenvalue weighted by molar-refractivity contribution is -0.870. The van der Waals surface area contributed by atoms with Crippen LogP contribution < -0.4 is 0 Å². The maximum Gasteiger partial charge on any atom is 0.361 e. The molecule has 0 spiro atoms. The lowest BCUT2D eigenvalue weighted by Crippen LogP contribution is -2.40. The molecule has 0 aromatic rings. The molecule has 0 heterocycles. The first-order chi connectivity index (χ1) is 31.1. The Kier molecular flexibility index (Phi) is 45.2. The third kappa shape index (κ3) is 47.5. The van der Waals surface area contributed by atoms with E-state index in [1.54, 1.807) is 0 Å². The molecule has 9 nitrogen and oxygen atoms in total. The Bertz CT molecular complexity index is 1150. The number of likely N-dealkylation sites (N-methyl/N-ethyl adjacent to an activating group) is 1. The van der Waals surface area contributed by atoms with Crippen LogP contribution >= 0.6 is 0 Å². The SMILES string of the molecule is CCCC/C=C\C/C=C\CCCCCCCC(=O)OC(COC(=O)CCCCCCCCCCCCCCC/C=C\CCCCCCCCCC)COC(OCC[N+](C)(C)C)C(=O)O. The average molecular weight is 905 g/mol. The van der Waals surface area contributed by atoms with Gasteiger partial charge >= 0.3 is 17.9 Å². The monoisotopic (exact) mass is 905 g/mol. The van der Waals surface area contributed by atoms with Crippen LogP contribution in [0.3, 0.4) is 0 Å². The van der Waals surface area contributed by atoms with E-state index in [9.17, 15) is 19.5 Å². The summed E-state index contributed by atoms with van der Waals surface area (Å²) in [6.45, 7) is 4.83. The number of carbonyl (C=O) groups is 3. The summed E-state index contributed by atoms with van der Waals surface area (Å²) < 4.78 is 22.8. The number of unbranched alkanes of at least 4 members (excludes halogenated alkanes) is 28. The molecule has 0 saturated heterocycles. The molecule has 0 aliphatic rings. The van der Waals surface area contributed by atoms with E-state index in [0.717, 1.165) is 64.2 Å². The Labute approximate surface area is 394 Å². The summed E-state index contributed by atoms with van der Waals surface area (Å²) in [6, 6.07) is 0. The summed E-state index contributed by atoms with van der Waals surface area (Å²) in [5, 5.41) is 9.66. The van der Waals surface area contributed by atoms with Gasteiger partial charge in [0.15, 0.2) is 6.10 Å². The van der Waals surface area contributed by atoms with Crippen molar-refractivity contribution in [3.8, 4) is 0 Å². The lowest BCUT2D eigenvalue weighted by Gasteiger charge is -2.25. The predicted octanol–water partition coefficient (Wildman–Crippen LogP) is 15.0. The molecule has 0 radical (unpaired) electrons. The van der Waals surface area contributed by atoms with Gasteiger partial charge in [0.25, 0.3) is 6.29 Å². The van der Waals surface area contributed by atoms with Crippen molar-refractivity contribution < 1.29 is 42.9 Å². The summed E-state index contributed by atoms with van der Waals surface area (Å²) in [7, 11) is 5.96. The molecule has 1 N–H and O–H groups in total. The van der Waals surface area contributed by atoms with Crippen molar-refractivity contribution in [3.63, 3.8) is 0 Å². The summed E-state index contributed by atoms with van der Waals surface area (Å²) in [5.41, 5.74) is 0. The van der Waals surface area contributed by atoms with Gasteiger partial charge < -0.3 is 28.5 Å². The molecule has 9 heteroatoms. The molecular weight excluding hydrogens is 803 g/mol. The highest BCUT2D eigenvalue weighted by Gasteiger charge is 2.25. The van der Waals surface area contributed by atoms with Crippen LogP contribution in [0.15, 0.2) is 36.5 Å². The molecule has 0 aromatic carbocycles. The Hall–Kier alpha value is -2.49. The first-order valence-electron chi connectivity index (χ1n) is 26.7. The van der Waals surface area contributed by atoms with Gasteiger partial charge in [-0.15, -0.1) is 0 Å². The maximum atomic E-state index is 12.8. The zero-order chi connectivity index (χ0) is 47.0. The number of rotatable bonds is 49. The Morgan fingerprint density at radius 3 is 1.30 bits per heavy atom. The summed E-state index contributed by atoms with van der Waals surface area (Å²) in [5.74, 6) is -2.02. The molecular formula is C55H102NO8+. The zero-order valence-corrected chi connectivity index (χ0v) is 42.4. The van der Waals surface area contributed by atoms with Crippen LogP contribution in [-0.4, -0.2) is 87.4 Å². The molecule has 0 aliphatic carbocycles. The summed E-state index contributed by atoms with van der Waals surface area (Å²) in [6.07, 6.45) is 52.2. The van der Waals surface area contributed by atoms with Crippen LogP contribution in [0.2, 0.25) is 0 Å². The minimum Gasteiger partial charge on any atom is -0.477 e. The van der Waals surface area contributed by atoms with E-state index in [1.807, 2.05) is 21.1 Å². The zero-order valence-electron chi connectivity index (χ0n) is 42.4. The van der Waals surface area contributed by atoms with Gasteiger partial charge in [-0.05, 0) is 64.2 Å². The van der Waals surface area contributed by atoms with Gasteiger partial charge in [-0.1, -0.05) is 198 Å². The van der Waals surface area contributed by atoms with Gasteiger partial charge in [-0.2, -0.15) is 0 Å². The molecule has 0 amide bonds. The number of hydrogen-bond acceptors (Lipinski definition) is 7. The van der Waals surface area contributed by atoms with Crippen LogP contribution in [0.5, 0.6) is 0 Å². The molecule has 0 bridgehead atoms. The van der Waals surface area contributed by atoms with Crippen LogP contribution in [0.4, 0.5) is 0 Å². The molecule has 0 aliphatic heterocycles. The van der Waals surface area contributed by atoms with Crippen molar-refractivity contribution in [1.82, 2.24) is 0 Å².